The minimum Gasteiger partial charge on any atom is -0.244 e. The Labute approximate surface area is 207 Å². The van der Waals surface area contributed by atoms with E-state index in [1.165, 1.54) is 0 Å². The summed E-state index contributed by atoms with van der Waals surface area (Å²) < 4.78 is 3.69. The quantitative estimate of drug-likeness (QED) is 0.179. The van der Waals surface area contributed by atoms with Crippen LogP contribution in [0.5, 0.6) is 0 Å². The van der Waals surface area contributed by atoms with Gasteiger partial charge >= 0.3 is 0 Å². The first-order chi connectivity index (χ1) is 14.6. The Morgan fingerprint density at radius 2 is 1.07 bits per heavy atom. The highest BCUT2D eigenvalue weighted by molar-refractivity contribution is 9.13. The van der Waals surface area contributed by atoms with Crippen molar-refractivity contribution in [3.05, 3.63) is 90.7 Å². The molecule has 0 unspecified atom stereocenters. The molecule has 0 aliphatic rings. The number of fused-ring (bicyclic) bond motifs is 2. The predicted octanol–water partition coefficient (Wildman–Crippen LogP) is 9.17. The highest BCUT2D eigenvalue weighted by atomic mass is 79.9. The number of hydrogen-bond acceptors (Lipinski definition) is 2. The first kappa shape index (κ1) is 20.3. The zero-order valence-electron chi connectivity index (χ0n) is 15.3. The maximum absolute atomic E-state index is 5.08. The second-order valence-electron chi connectivity index (χ2n) is 6.76. The molecule has 0 amide bonds. The SMILES string of the molecule is Brc1ccc2nc3c(-c4ccccc4)c(-c4ccccc4)c(Br)c(Br)c3nc2c1Br. The number of rotatable bonds is 2. The molecule has 146 valence electrons. The van der Waals surface area contributed by atoms with Crippen LogP contribution in [0, 0.1) is 0 Å². The van der Waals surface area contributed by atoms with E-state index in [9.17, 15) is 0 Å². The van der Waals surface area contributed by atoms with Crippen molar-refractivity contribution in [3.63, 3.8) is 0 Å². The molecule has 0 fully saturated rings. The largest absolute Gasteiger partial charge is 0.244 e. The summed E-state index contributed by atoms with van der Waals surface area (Å²) in [6.07, 6.45) is 0. The summed E-state index contributed by atoms with van der Waals surface area (Å²) in [4.78, 5) is 10.1. The van der Waals surface area contributed by atoms with Gasteiger partial charge in [-0.1, -0.05) is 60.7 Å². The number of halogens is 4. The van der Waals surface area contributed by atoms with E-state index in [0.29, 0.717) is 0 Å². The third kappa shape index (κ3) is 3.34. The van der Waals surface area contributed by atoms with Gasteiger partial charge in [-0.2, -0.15) is 0 Å². The molecule has 0 saturated heterocycles. The molecule has 30 heavy (non-hydrogen) atoms. The lowest BCUT2D eigenvalue weighted by Gasteiger charge is -2.18. The number of benzene rings is 4. The third-order valence-electron chi connectivity index (χ3n) is 4.96. The Hall–Kier alpha value is -1.60. The van der Waals surface area contributed by atoms with Crippen molar-refractivity contribution in [3.8, 4) is 22.3 Å². The summed E-state index contributed by atoms with van der Waals surface area (Å²) in [6, 6.07) is 24.7. The monoisotopic (exact) mass is 644 g/mol. The molecule has 0 radical (unpaired) electrons. The van der Waals surface area contributed by atoms with Crippen LogP contribution >= 0.6 is 63.7 Å². The zero-order chi connectivity index (χ0) is 20.8. The molecule has 0 N–H and O–H groups in total. The van der Waals surface area contributed by atoms with Crippen molar-refractivity contribution in [2.75, 3.05) is 0 Å². The van der Waals surface area contributed by atoms with Crippen molar-refractivity contribution in [1.82, 2.24) is 9.97 Å². The standard InChI is InChI=1S/C24H12Br4N2/c25-15-11-12-16-22(19(15)26)30-24-21(28)20(27)17(13-7-3-1-4-8-13)18(23(24)29-16)14-9-5-2-6-10-14/h1-12H. The first-order valence-electron chi connectivity index (χ1n) is 9.13. The topological polar surface area (TPSA) is 25.8 Å². The van der Waals surface area contributed by atoms with Gasteiger partial charge in [0.15, 0.2) is 0 Å². The van der Waals surface area contributed by atoms with Gasteiger partial charge in [0.1, 0.15) is 11.0 Å². The minimum atomic E-state index is 0.812. The fourth-order valence-corrected chi connectivity index (χ4v) is 5.43. The molecular formula is C24H12Br4N2. The lowest BCUT2D eigenvalue weighted by Crippen LogP contribution is -1.97. The Balaban J connectivity index is 2.01. The van der Waals surface area contributed by atoms with E-state index in [1.807, 2.05) is 36.4 Å². The number of nitrogens with zero attached hydrogens (tertiary/aromatic N) is 2. The maximum atomic E-state index is 5.08. The molecule has 1 aromatic heterocycles. The Morgan fingerprint density at radius 3 is 1.70 bits per heavy atom. The van der Waals surface area contributed by atoms with Gasteiger partial charge < -0.3 is 0 Å². The van der Waals surface area contributed by atoms with Crippen molar-refractivity contribution >= 4 is 85.8 Å². The van der Waals surface area contributed by atoms with Crippen molar-refractivity contribution in [1.29, 1.82) is 0 Å². The fourth-order valence-electron chi connectivity index (χ4n) is 3.60. The summed E-state index contributed by atoms with van der Waals surface area (Å²) >= 11 is 14.9. The van der Waals surface area contributed by atoms with Gasteiger partial charge in [0.2, 0.25) is 0 Å². The van der Waals surface area contributed by atoms with Crippen LogP contribution < -0.4 is 0 Å². The normalized spacial score (nSPS) is 11.3. The first-order valence-corrected chi connectivity index (χ1v) is 12.3. The third-order valence-corrected chi connectivity index (χ3v) is 9.05. The zero-order valence-corrected chi connectivity index (χ0v) is 21.7. The summed E-state index contributed by atoms with van der Waals surface area (Å²) in [5, 5.41) is 0. The van der Waals surface area contributed by atoms with Gasteiger partial charge in [-0.25, -0.2) is 9.97 Å². The lowest BCUT2D eigenvalue weighted by atomic mass is 9.93. The summed E-state index contributed by atoms with van der Waals surface area (Å²) in [6.45, 7) is 0. The Morgan fingerprint density at radius 1 is 0.467 bits per heavy atom. The average Bonchev–Trinajstić information content (AvgIpc) is 2.79. The minimum absolute atomic E-state index is 0.812. The van der Waals surface area contributed by atoms with Crippen molar-refractivity contribution in [2.24, 2.45) is 0 Å². The summed E-state index contributed by atoms with van der Waals surface area (Å²) in [5.41, 5.74) is 7.68. The second-order valence-corrected chi connectivity index (χ2v) is 9.99. The molecule has 4 aromatic carbocycles. The van der Waals surface area contributed by atoms with Crippen LogP contribution in [0.1, 0.15) is 0 Å². The van der Waals surface area contributed by atoms with Crippen molar-refractivity contribution < 1.29 is 0 Å². The van der Waals surface area contributed by atoms with E-state index in [-0.39, 0.29) is 0 Å². The van der Waals surface area contributed by atoms with E-state index in [4.69, 9.17) is 9.97 Å². The molecule has 0 atom stereocenters. The average molecular weight is 648 g/mol. The molecule has 0 spiro atoms. The van der Waals surface area contributed by atoms with Crippen LogP contribution in [0.3, 0.4) is 0 Å². The molecule has 0 aliphatic heterocycles. The highest BCUT2D eigenvalue weighted by Gasteiger charge is 2.22. The van der Waals surface area contributed by atoms with Gasteiger partial charge in [0, 0.05) is 20.1 Å². The smallest absolute Gasteiger partial charge is 0.105 e. The predicted molar refractivity (Wildman–Crippen MR) is 139 cm³/mol. The number of aromatic nitrogens is 2. The highest BCUT2D eigenvalue weighted by Crippen LogP contribution is 2.47. The molecule has 5 rings (SSSR count). The van der Waals surface area contributed by atoms with Gasteiger partial charge in [-0.3, -0.25) is 0 Å². The van der Waals surface area contributed by atoms with Gasteiger partial charge in [-0.05, 0) is 87.0 Å². The van der Waals surface area contributed by atoms with E-state index < -0.39 is 0 Å². The molecule has 6 heteroatoms. The van der Waals surface area contributed by atoms with E-state index in [1.54, 1.807) is 0 Å². The Bertz CT molecular complexity index is 1420. The van der Waals surface area contributed by atoms with E-state index in [2.05, 4.69) is 100 Å². The summed E-state index contributed by atoms with van der Waals surface area (Å²) in [5.74, 6) is 0. The van der Waals surface area contributed by atoms with Crippen LogP contribution in [-0.4, -0.2) is 9.97 Å². The van der Waals surface area contributed by atoms with E-state index in [0.717, 1.165) is 62.2 Å². The lowest BCUT2D eigenvalue weighted by molar-refractivity contribution is 1.36. The Kier molecular flexibility index (Phi) is 5.52. The van der Waals surface area contributed by atoms with Gasteiger partial charge in [0.25, 0.3) is 0 Å². The molecule has 1 heterocycles. The molecule has 2 nitrogen and oxygen atoms in total. The second kappa shape index (κ2) is 8.15. The van der Waals surface area contributed by atoms with Crippen LogP contribution in [-0.2, 0) is 0 Å². The maximum Gasteiger partial charge on any atom is 0.105 e. The van der Waals surface area contributed by atoms with Crippen LogP contribution in [0.25, 0.3) is 44.3 Å². The van der Waals surface area contributed by atoms with Gasteiger partial charge in [-0.15, -0.1) is 0 Å². The van der Waals surface area contributed by atoms with Crippen LogP contribution in [0.4, 0.5) is 0 Å². The van der Waals surface area contributed by atoms with Crippen LogP contribution in [0.15, 0.2) is 90.7 Å². The molecule has 5 aromatic rings. The van der Waals surface area contributed by atoms with Crippen LogP contribution in [0.2, 0.25) is 0 Å². The molecule has 0 saturated carbocycles. The van der Waals surface area contributed by atoms with Gasteiger partial charge in [0.05, 0.1) is 20.0 Å². The molecule has 0 aliphatic carbocycles. The van der Waals surface area contributed by atoms with E-state index >= 15 is 0 Å². The molecular weight excluding hydrogens is 636 g/mol. The molecule has 0 bridgehead atoms. The fraction of sp³-hybridized carbons (Fsp3) is 0. The summed E-state index contributed by atoms with van der Waals surface area (Å²) in [7, 11) is 0. The van der Waals surface area contributed by atoms with Crippen molar-refractivity contribution in [2.45, 2.75) is 0 Å². The number of hydrogen-bond donors (Lipinski definition) is 0.